The van der Waals surface area contributed by atoms with Gasteiger partial charge in [0.1, 0.15) is 11.9 Å². The molecular weight excluding hydrogens is 298 g/mol. The minimum absolute atomic E-state index is 0.0943. The van der Waals surface area contributed by atoms with Crippen molar-refractivity contribution in [3.05, 3.63) is 28.8 Å². The van der Waals surface area contributed by atoms with Gasteiger partial charge < -0.3 is 10.1 Å². The number of sulfone groups is 1. The second-order valence-corrected chi connectivity index (χ2v) is 8.14. The molecule has 0 bridgehead atoms. The first-order valence-corrected chi connectivity index (χ1v) is 9.11. The Morgan fingerprint density at radius 1 is 1.35 bits per heavy atom. The van der Waals surface area contributed by atoms with Crippen LogP contribution in [-0.2, 0) is 16.3 Å². The van der Waals surface area contributed by atoms with Gasteiger partial charge >= 0.3 is 0 Å². The van der Waals surface area contributed by atoms with E-state index in [9.17, 15) is 8.42 Å². The summed E-state index contributed by atoms with van der Waals surface area (Å²) in [6.07, 6.45) is 3.16. The zero-order valence-electron chi connectivity index (χ0n) is 11.1. The molecule has 1 aromatic carbocycles. The molecule has 2 heterocycles. The van der Waals surface area contributed by atoms with Crippen molar-refractivity contribution in [2.45, 2.75) is 31.4 Å². The Bertz CT molecular complexity index is 584. The molecule has 2 aliphatic heterocycles. The Labute approximate surface area is 124 Å². The molecule has 1 aromatic rings. The van der Waals surface area contributed by atoms with E-state index in [1.807, 2.05) is 18.2 Å². The Kier molecular flexibility index (Phi) is 3.93. The van der Waals surface area contributed by atoms with Crippen LogP contribution in [0.25, 0.3) is 0 Å². The second kappa shape index (κ2) is 5.54. The van der Waals surface area contributed by atoms with Crippen LogP contribution in [-0.4, -0.2) is 38.6 Å². The minimum Gasteiger partial charge on any atom is -0.487 e. The molecule has 3 rings (SSSR count). The van der Waals surface area contributed by atoms with Crippen molar-refractivity contribution in [2.24, 2.45) is 0 Å². The van der Waals surface area contributed by atoms with Gasteiger partial charge in [-0.2, -0.15) is 0 Å². The molecule has 110 valence electrons. The number of nitrogens with one attached hydrogen (secondary N) is 1. The van der Waals surface area contributed by atoms with Crippen LogP contribution in [0.3, 0.4) is 0 Å². The van der Waals surface area contributed by atoms with Gasteiger partial charge in [0.2, 0.25) is 0 Å². The molecule has 1 atom stereocenters. The molecule has 0 aliphatic carbocycles. The van der Waals surface area contributed by atoms with Crippen LogP contribution in [0.5, 0.6) is 5.75 Å². The average molecular weight is 316 g/mol. The molecule has 0 radical (unpaired) electrons. The average Bonchev–Trinajstić information content (AvgIpc) is 2.83. The summed E-state index contributed by atoms with van der Waals surface area (Å²) in [6, 6.07) is 6.31. The Balaban J connectivity index is 1.62. The second-order valence-electron chi connectivity index (χ2n) is 5.58. The molecule has 2 saturated heterocycles. The lowest BCUT2D eigenvalue weighted by Gasteiger charge is -2.27. The van der Waals surface area contributed by atoms with Crippen molar-refractivity contribution in [3.8, 4) is 5.75 Å². The van der Waals surface area contributed by atoms with Crippen molar-refractivity contribution in [1.82, 2.24) is 5.32 Å². The zero-order valence-corrected chi connectivity index (χ0v) is 12.7. The van der Waals surface area contributed by atoms with E-state index < -0.39 is 9.84 Å². The van der Waals surface area contributed by atoms with Crippen molar-refractivity contribution in [1.29, 1.82) is 0 Å². The highest BCUT2D eigenvalue weighted by Crippen LogP contribution is 2.29. The first kappa shape index (κ1) is 14.2. The van der Waals surface area contributed by atoms with E-state index in [0.717, 1.165) is 13.0 Å². The lowest BCUT2D eigenvalue weighted by Crippen LogP contribution is -2.45. The minimum atomic E-state index is -2.86. The molecule has 2 fully saturated rings. The maximum absolute atomic E-state index is 11.1. The van der Waals surface area contributed by atoms with Crippen LogP contribution < -0.4 is 10.1 Å². The summed E-state index contributed by atoms with van der Waals surface area (Å²) in [5.74, 6) is 0.767. The lowest BCUT2D eigenvalue weighted by molar-refractivity contribution is 0.230. The van der Waals surface area contributed by atoms with Gasteiger partial charge in [-0.1, -0.05) is 17.7 Å². The van der Waals surface area contributed by atoms with Crippen LogP contribution >= 0.6 is 11.6 Å². The van der Waals surface area contributed by atoms with E-state index in [2.05, 4.69) is 5.32 Å². The number of benzene rings is 1. The molecule has 0 aromatic heterocycles. The van der Waals surface area contributed by atoms with Crippen molar-refractivity contribution < 1.29 is 13.2 Å². The quantitative estimate of drug-likeness (QED) is 0.920. The summed E-state index contributed by atoms with van der Waals surface area (Å²) in [4.78, 5) is 0. The monoisotopic (exact) mass is 315 g/mol. The summed E-state index contributed by atoms with van der Waals surface area (Å²) in [5, 5.41) is 4.02. The zero-order chi connectivity index (χ0) is 14.2. The van der Waals surface area contributed by atoms with Crippen LogP contribution in [0, 0.1) is 0 Å². The fraction of sp³-hybridized carbons (Fsp3) is 0.571. The normalized spacial score (nSPS) is 25.4. The highest BCUT2D eigenvalue weighted by Gasteiger charge is 2.35. The van der Waals surface area contributed by atoms with Gasteiger partial charge in [-0.05, 0) is 43.5 Å². The summed E-state index contributed by atoms with van der Waals surface area (Å²) in [5.41, 5.74) is 1.18. The molecule has 1 unspecified atom stereocenters. The third-order valence-electron chi connectivity index (χ3n) is 3.81. The van der Waals surface area contributed by atoms with E-state index in [4.69, 9.17) is 16.3 Å². The van der Waals surface area contributed by atoms with Gasteiger partial charge in [0.15, 0.2) is 9.84 Å². The lowest BCUT2D eigenvalue weighted by atomic mass is 10.0. The summed E-state index contributed by atoms with van der Waals surface area (Å²) in [7, 11) is -2.86. The number of hydrogen-bond acceptors (Lipinski definition) is 4. The largest absolute Gasteiger partial charge is 0.487 e. The van der Waals surface area contributed by atoms with E-state index in [1.54, 1.807) is 0 Å². The SMILES string of the molecule is O=S1(=O)CC(Oc2ccc(CC3CCCN3)cc2Cl)C1. The first-order valence-electron chi connectivity index (χ1n) is 6.91. The summed E-state index contributed by atoms with van der Waals surface area (Å²) >= 11 is 6.22. The van der Waals surface area contributed by atoms with E-state index in [0.29, 0.717) is 16.8 Å². The molecule has 0 amide bonds. The van der Waals surface area contributed by atoms with Crippen LogP contribution in [0.2, 0.25) is 5.02 Å². The topological polar surface area (TPSA) is 55.4 Å². The number of ether oxygens (including phenoxy) is 1. The molecule has 4 nitrogen and oxygen atoms in total. The Hall–Kier alpha value is -0.780. The maximum atomic E-state index is 11.1. The number of halogens is 1. The van der Waals surface area contributed by atoms with Crippen LogP contribution in [0.15, 0.2) is 18.2 Å². The molecule has 2 aliphatic rings. The van der Waals surface area contributed by atoms with E-state index >= 15 is 0 Å². The molecular formula is C14H18ClNO3S. The number of rotatable bonds is 4. The van der Waals surface area contributed by atoms with Crippen molar-refractivity contribution in [3.63, 3.8) is 0 Å². The Morgan fingerprint density at radius 2 is 2.15 bits per heavy atom. The number of hydrogen-bond donors (Lipinski definition) is 1. The van der Waals surface area contributed by atoms with Crippen molar-refractivity contribution >= 4 is 21.4 Å². The van der Waals surface area contributed by atoms with E-state index in [-0.39, 0.29) is 17.6 Å². The van der Waals surface area contributed by atoms with Crippen LogP contribution in [0.4, 0.5) is 0 Å². The maximum Gasteiger partial charge on any atom is 0.157 e. The fourth-order valence-electron chi connectivity index (χ4n) is 2.75. The molecule has 20 heavy (non-hydrogen) atoms. The van der Waals surface area contributed by atoms with Gasteiger partial charge in [-0.25, -0.2) is 8.42 Å². The molecule has 0 saturated carbocycles. The van der Waals surface area contributed by atoms with Crippen LogP contribution in [0.1, 0.15) is 18.4 Å². The highest BCUT2D eigenvalue weighted by molar-refractivity contribution is 7.92. The first-order chi connectivity index (χ1) is 9.52. The van der Waals surface area contributed by atoms with Gasteiger partial charge in [0.25, 0.3) is 0 Å². The predicted molar refractivity (Wildman–Crippen MR) is 79.3 cm³/mol. The fourth-order valence-corrected chi connectivity index (χ4v) is 4.17. The predicted octanol–water partition coefficient (Wildman–Crippen LogP) is 1.81. The van der Waals surface area contributed by atoms with Gasteiger partial charge in [0, 0.05) is 6.04 Å². The standard InChI is InChI=1S/C14H18ClNO3S/c15-13-7-10(6-11-2-1-5-16-11)3-4-14(13)19-12-8-20(17,18)9-12/h3-4,7,11-12,16H,1-2,5-6,8-9H2. The highest BCUT2D eigenvalue weighted by atomic mass is 35.5. The molecule has 1 N–H and O–H groups in total. The molecule has 0 spiro atoms. The van der Waals surface area contributed by atoms with Crippen molar-refractivity contribution in [2.75, 3.05) is 18.1 Å². The smallest absolute Gasteiger partial charge is 0.157 e. The third-order valence-corrected chi connectivity index (χ3v) is 5.87. The van der Waals surface area contributed by atoms with E-state index in [1.165, 1.54) is 18.4 Å². The summed E-state index contributed by atoms with van der Waals surface area (Å²) in [6.45, 7) is 1.09. The van der Waals surface area contributed by atoms with Gasteiger partial charge in [-0.3, -0.25) is 0 Å². The Morgan fingerprint density at radius 3 is 2.75 bits per heavy atom. The van der Waals surface area contributed by atoms with Gasteiger partial charge in [0.05, 0.1) is 16.5 Å². The van der Waals surface area contributed by atoms with Gasteiger partial charge in [-0.15, -0.1) is 0 Å². The summed E-state index contributed by atoms with van der Waals surface area (Å²) < 4.78 is 27.8. The third kappa shape index (κ3) is 3.27. The molecule has 6 heteroatoms.